The Balaban J connectivity index is 0.873. The van der Waals surface area contributed by atoms with Gasteiger partial charge in [0.05, 0.1) is 0 Å². The van der Waals surface area contributed by atoms with Crippen molar-refractivity contribution in [2.75, 3.05) is 64.7 Å². The van der Waals surface area contributed by atoms with Gasteiger partial charge < -0.3 is 10.6 Å². The van der Waals surface area contributed by atoms with Crippen molar-refractivity contribution in [3.63, 3.8) is 0 Å². The second kappa shape index (κ2) is 45.0. The van der Waals surface area contributed by atoms with E-state index in [1.807, 2.05) is 0 Å². The van der Waals surface area contributed by atoms with Gasteiger partial charge in [0.2, 0.25) is 29.5 Å². The summed E-state index contributed by atoms with van der Waals surface area (Å²) in [7, 11) is 0. The molecule has 6 rings (SSSR count). The maximum atomic E-state index is 12.8. The number of carbonyl (C=O) groups is 5. The minimum atomic E-state index is -3.25. The summed E-state index contributed by atoms with van der Waals surface area (Å²) >= 11 is 16.7. The number of nitrogens with zero attached hydrogens (tertiary/aromatic N) is 4. The molecule has 0 spiro atoms. The first-order valence-corrected chi connectivity index (χ1v) is 43.7. The number of halogens is 2. The molecular formula is C81H116Cl2N6O8P2. The van der Waals surface area contributed by atoms with Crippen LogP contribution in [0.15, 0.2) is 182 Å². The summed E-state index contributed by atoms with van der Waals surface area (Å²) in [5.74, 6) is -8.51. The monoisotopic (exact) mass is 1430 g/mol. The topological polar surface area (TPSA) is 183 Å². The van der Waals surface area contributed by atoms with Gasteiger partial charge in [-0.1, -0.05) is 6.42 Å². The fourth-order valence-corrected chi connectivity index (χ4v) is 26.2. The van der Waals surface area contributed by atoms with Crippen molar-refractivity contribution in [2.45, 2.75) is 193 Å². The number of hydrogen-bond donors (Lipinski definition) is 5. The fourth-order valence-electron chi connectivity index (χ4n) is 13.7. The predicted molar refractivity (Wildman–Crippen MR) is 414 cm³/mol. The molecule has 0 fully saturated rings. The predicted octanol–water partition coefficient (Wildman–Crippen LogP) is 15.9. The zero-order valence-corrected chi connectivity index (χ0v) is 62.5. The normalized spacial score (nSPS) is 12.4. The quantitative estimate of drug-likeness (QED) is 0.0107. The van der Waals surface area contributed by atoms with E-state index in [-0.39, 0.29) is 57.1 Å². The third kappa shape index (κ3) is 26.4. The molecule has 5 N–H and O–H groups in total. The first-order chi connectivity index (χ1) is 48.1. The van der Waals surface area contributed by atoms with E-state index in [4.69, 9.17) is 22.5 Å². The molecule has 0 unspecified atom stereocenters. The van der Waals surface area contributed by atoms with Gasteiger partial charge in [-0.3, -0.25) is 39.6 Å². The zero-order chi connectivity index (χ0) is 70.8. The first-order valence-electron chi connectivity index (χ1n) is 37.1. The number of rotatable bonds is 52. The average Bonchev–Trinajstić information content (AvgIpc) is 0.719. The van der Waals surface area contributed by atoms with Crippen LogP contribution in [0.1, 0.15) is 193 Å². The Hall–Kier alpha value is -6.05. The van der Waals surface area contributed by atoms with Crippen molar-refractivity contribution in [2.24, 2.45) is 0 Å². The van der Waals surface area contributed by atoms with E-state index in [2.05, 4.69) is 198 Å². The molecule has 0 aromatic heterocycles. The van der Waals surface area contributed by atoms with E-state index in [1.54, 1.807) is 0 Å². The van der Waals surface area contributed by atoms with Gasteiger partial charge in [-0.15, -0.1) is 0 Å². The third-order valence-electron chi connectivity index (χ3n) is 19.5. The van der Waals surface area contributed by atoms with Crippen LogP contribution in [0.5, 0.6) is 0 Å². The Morgan fingerprint density at radius 2 is 0.525 bits per heavy atom. The van der Waals surface area contributed by atoms with E-state index in [0.29, 0.717) is 68.2 Å². The summed E-state index contributed by atoms with van der Waals surface area (Å²) in [6.45, 7) is 5.74. The van der Waals surface area contributed by atoms with Crippen molar-refractivity contribution in [1.82, 2.24) is 30.7 Å². The molecule has 18 heteroatoms. The molecule has 0 saturated heterocycles. The van der Waals surface area contributed by atoms with Crippen LogP contribution >= 0.6 is 34.4 Å². The molecule has 0 saturated carbocycles. The van der Waals surface area contributed by atoms with Crippen LogP contribution < -0.4 is 42.5 Å². The fraction of sp³-hybridized carbons (Fsp3) is 0.494. The maximum absolute atomic E-state index is 12.8. The summed E-state index contributed by atoms with van der Waals surface area (Å²) in [4.78, 5) is 63.6. The van der Waals surface area contributed by atoms with Crippen LogP contribution in [-0.4, -0.2) is 130 Å². The number of hydrogen-bond acceptors (Lipinski definition) is 9. The average molecular weight is 1430 g/mol. The van der Waals surface area contributed by atoms with Crippen LogP contribution in [0, 0.1) is 0 Å². The van der Waals surface area contributed by atoms with E-state index in [9.17, 15) is 39.6 Å². The van der Waals surface area contributed by atoms with Gasteiger partial charge in [-0.25, -0.2) is 15.2 Å². The molecule has 0 radical (unpaired) electrons. The van der Waals surface area contributed by atoms with Gasteiger partial charge in [0.1, 0.15) is 0 Å². The summed E-state index contributed by atoms with van der Waals surface area (Å²) in [5.41, 5.74) is 0. The summed E-state index contributed by atoms with van der Waals surface area (Å²) in [6.07, 6.45) is 26.7. The van der Waals surface area contributed by atoms with Gasteiger partial charge in [0, 0.05) is 65.3 Å². The zero-order valence-electron chi connectivity index (χ0n) is 59.2. The van der Waals surface area contributed by atoms with Crippen LogP contribution in [0.25, 0.3) is 0 Å². The Bertz CT molecular complexity index is 2890. The van der Waals surface area contributed by atoms with Crippen molar-refractivity contribution in [1.29, 1.82) is 0 Å². The second-order valence-corrected chi connectivity index (χ2v) is 40.1. The molecule has 14 nitrogen and oxygen atoms in total. The summed E-state index contributed by atoms with van der Waals surface area (Å²) in [5, 5.41) is 45.2. The molecule has 6 aromatic rings. The molecule has 0 heterocycles. The number of nitrogens with one attached hydrogen (secondary N) is 2. The number of benzene rings is 6. The Morgan fingerprint density at radius 1 is 0.303 bits per heavy atom. The van der Waals surface area contributed by atoms with Crippen molar-refractivity contribution in [3.8, 4) is 0 Å². The third-order valence-corrected chi connectivity index (χ3v) is 34.6. The second-order valence-electron chi connectivity index (χ2n) is 26.9. The molecule has 6 aromatic carbocycles. The molecule has 0 atom stereocenters. The summed E-state index contributed by atoms with van der Waals surface area (Å²) in [6, 6.07) is 64.9. The van der Waals surface area contributed by atoms with Gasteiger partial charge in [-0.2, -0.15) is 0 Å². The van der Waals surface area contributed by atoms with Crippen LogP contribution in [0.4, 0.5) is 0 Å². The Kier molecular flexibility index (Phi) is 37.3. The van der Waals surface area contributed by atoms with Crippen molar-refractivity contribution in [3.05, 3.63) is 182 Å². The molecule has 0 aliphatic carbocycles. The Morgan fingerprint density at radius 3 is 0.798 bits per heavy atom. The van der Waals surface area contributed by atoms with Crippen LogP contribution in [0.3, 0.4) is 0 Å². The van der Waals surface area contributed by atoms with Gasteiger partial charge >= 0.3 is 388 Å². The van der Waals surface area contributed by atoms with Crippen LogP contribution in [0.2, 0.25) is 0 Å². The Labute approximate surface area is 602 Å². The van der Waals surface area contributed by atoms with Gasteiger partial charge in [0.25, 0.3) is 0 Å². The van der Waals surface area contributed by atoms with E-state index < -0.39 is 29.6 Å². The number of amides is 5. The standard InChI is InChI=1S/C81H116Cl2N6O8P2/c1-71(90)87(95)66-40-20-35-61-84-78(91)57-59-80(93)88(96)67-41-21-36-62-85-79(92)58-60-81(94)89(97)68-42-22-39-65-86(63-37-10-6-2-4-8-12-43-69-98(82,72-45-23-14-24-46-72,73-47-25-15-26-48-73)74-49-27-16-28-50-74)64-38-11-7-3-5-9-13-44-70-99(83,75-51-29-17-30-52-75,76-53-31-18-32-54-76)77-55-33-19-34-56-77/h14-19,23-34,45-56,95-97H,2-13,20-22,35-44,57-70H2,1H3,(H,84,91)(H,85,92). The SMILES string of the molecule is CC(=O)N(O)CCCCCNC(=O)CCC(=O)N(O)CCCCCNC(=O)CCC(=O)N(O)CCCCCN(CCCCCCCCCCP(Cl)(c1ccccc1)(c1ccccc1)c1ccccc1)CCCCCCCCCCP(Cl)(c1ccccc1)(c1ccccc1)c1ccccc1. The minimum absolute atomic E-state index is 0.0346. The molecule has 5 amide bonds. The summed E-state index contributed by atoms with van der Waals surface area (Å²) < 4.78 is 0. The molecule has 542 valence electrons. The van der Waals surface area contributed by atoms with Crippen molar-refractivity contribution >= 4 is 95.8 Å². The van der Waals surface area contributed by atoms with Gasteiger partial charge in [0.15, 0.2) is 0 Å². The molecule has 0 aliphatic heterocycles. The number of unbranched alkanes of at least 4 members (excludes halogenated alkanes) is 20. The molecular weight excluding hydrogens is 1320 g/mol. The van der Waals surface area contributed by atoms with E-state index >= 15 is 0 Å². The number of carbonyl (C=O) groups excluding carboxylic acids is 5. The van der Waals surface area contributed by atoms with E-state index in [0.717, 1.165) is 75.5 Å². The van der Waals surface area contributed by atoms with Gasteiger partial charge in [-0.05, 0) is 51.4 Å². The first kappa shape index (κ1) is 81.9. The van der Waals surface area contributed by atoms with Crippen molar-refractivity contribution < 1.29 is 39.6 Å². The van der Waals surface area contributed by atoms with Crippen LogP contribution in [-0.2, 0) is 24.0 Å². The van der Waals surface area contributed by atoms with E-state index in [1.165, 1.54) is 116 Å². The molecule has 0 bridgehead atoms. The number of hydroxylamine groups is 6. The molecule has 0 aliphatic rings. The molecule has 99 heavy (non-hydrogen) atoms.